The Morgan fingerprint density at radius 2 is 2.00 bits per heavy atom. The van der Waals surface area contributed by atoms with Crippen LogP contribution in [0, 0.1) is 0 Å². The van der Waals surface area contributed by atoms with E-state index >= 15 is 0 Å². The van der Waals surface area contributed by atoms with Crippen molar-refractivity contribution in [2.75, 3.05) is 23.7 Å². The second kappa shape index (κ2) is 9.18. The van der Waals surface area contributed by atoms with Crippen LogP contribution in [0.25, 0.3) is 11.4 Å². The van der Waals surface area contributed by atoms with Crippen LogP contribution in [-0.4, -0.2) is 55.1 Å². The minimum absolute atomic E-state index is 0.154. The molecule has 4 heterocycles. The molecule has 166 valence electrons. The summed E-state index contributed by atoms with van der Waals surface area (Å²) in [6.07, 6.45) is 2.77. The molecule has 2 N–H and O–H groups in total. The molecule has 32 heavy (non-hydrogen) atoms. The lowest BCUT2D eigenvalue weighted by Crippen LogP contribution is -2.44. The highest BCUT2D eigenvalue weighted by Gasteiger charge is 2.22. The first-order chi connectivity index (χ1) is 15.4. The summed E-state index contributed by atoms with van der Waals surface area (Å²) in [6, 6.07) is 6.69. The van der Waals surface area contributed by atoms with E-state index in [9.17, 15) is 9.59 Å². The minimum atomic E-state index is -0.706. The summed E-state index contributed by atoms with van der Waals surface area (Å²) in [5.41, 5.74) is 1.98. The van der Waals surface area contributed by atoms with Gasteiger partial charge in [0, 0.05) is 31.9 Å². The van der Waals surface area contributed by atoms with Gasteiger partial charge in [-0.1, -0.05) is 22.9 Å². The number of nitrogens with zero attached hydrogens (tertiary/aromatic N) is 6. The number of hydrogen-bond acceptors (Lipinski definition) is 7. The number of rotatable bonds is 5. The molecule has 3 aromatic rings. The quantitative estimate of drug-likeness (QED) is 0.562. The molecule has 0 saturated carbocycles. The molecule has 0 aliphatic carbocycles. The lowest BCUT2D eigenvalue weighted by Gasteiger charge is -2.30. The number of amides is 3. The predicted molar refractivity (Wildman–Crippen MR) is 117 cm³/mol. The van der Waals surface area contributed by atoms with Gasteiger partial charge in [-0.05, 0) is 31.5 Å². The van der Waals surface area contributed by atoms with Gasteiger partial charge in [-0.3, -0.25) is 10.3 Å². The van der Waals surface area contributed by atoms with E-state index in [1.54, 1.807) is 49.3 Å². The number of ether oxygens (including phenoxy) is 1. The lowest BCUT2D eigenvalue weighted by atomic mass is 10.2. The first kappa shape index (κ1) is 21.5. The van der Waals surface area contributed by atoms with Crippen LogP contribution in [0.15, 0.2) is 36.7 Å². The second-order valence-electron chi connectivity index (χ2n) is 7.17. The normalized spacial score (nSPS) is 13.8. The van der Waals surface area contributed by atoms with Crippen LogP contribution < -0.4 is 10.6 Å². The highest BCUT2D eigenvalue weighted by atomic mass is 35.5. The summed E-state index contributed by atoms with van der Waals surface area (Å²) >= 11 is 6.06. The average molecular weight is 457 g/mol. The maximum Gasteiger partial charge on any atom is 0.413 e. The van der Waals surface area contributed by atoms with Gasteiger partial charge >= 0.3 is 12.1 Å². The molecule has 1 aliphatic heterocycles. The van der Waals surface area contributed by atoms with Crippen molar-refractivity contribution < 1.29 is 14.3 Å². The number of pyridine rings is 2. The SMILES string of the molecule is C[C@@H](OC(=O)Nc1c(-c2ccc(NC(=O)N3CCC3)cn2)nnn1C)c1cccnc1Cl. The molecule has 4 rings (SSSR count). The summed E-state index contributed by atoms with van der Waals surface area (Å²) in [6.45, 7) is 3.21. The number of aromatic nitrogens is 5. The van der Waals surface area contributed by atoms with Gasteiger partial charge in [0.1, 0.15) is 11.3 Å². The van der Waals surface area contributed by atoms with Crippen LogP contribution in [0.2, 0.25) is 5.15 Å². The Labute approximate surface area is 188 Å². The molecular weight excluding hydrogens is 436 g/mol. The molecule has 0 spiro atoms. The number of anilines is 2. The van der Waals surface area contributed by atoms with E-state index in [0.29, 0.717) is 28.5 Å². The van der Waals surface area contributed by atoms with Crippen molar-refractivity contribution in [3.05, 3.63) is 47.4 Å². The van der Waals surface area contributed by atoms with Gasteiger partial charge in [0.25, 0.3) is 0 Å². The molecule has 1 atom stereocenters. The summed E-state index contributed by atoms with van der Waals surface area (Å²) < 4.78 is 6.82. The molecule has 0 unspecified atom stereocenters. The van der Waals surface area contributed by atoms with Crippen molar-refractivity contribution in [3.8, 4) is 11.4 Å². The Kier molecular flexibility index (Phi) is 6.17. The van der Waals surface area contributed by atoms with Crippen LogP contribution in [0.3, 0.4) is 0 Å². The number of nitrogens with one attached hydrogen (secondary N) is 2. The number of carbonyl (C=O) groups is 2. The van der Waals surface area contributed by atoms with E-state index in [1.807, 2.05) is 0 Å². The first-order valence-corrected chi connectivity index (χ1v) is 10.3. The summed E-state index contributed by atoms with van der Waals surface area (Å²) in [4.78, 5) is 34.5. The molecule has 3 amide bonds. The van der Waals surface area contributed by atoms with Gasteiger partial charge in [0.05, 0.1) is 17.6 Å². The Hall–Kier alpha value is -3.73. The third-order valence-corrected chi connectivity index (χ3v) is 5.27. The van der Waals surface area contributed by atoms with Crippen LogP contribution in [0.5, 0.6) is 0 Å². The molecule has 3 aromatic heterocycles. The molecule has 1 saturated heterocycles. The summed E-state index contributed by atoms with van der Waals surface area (Å²) in [7, 11) is 1.63. The first-order valence-electron chi connectivity index (χ1n) is 9.92. The van der Waals surface area contributed by atoms with Gasteiger partial charge < -0.3 is 15.0 Å². The molecule has 0 radical (unpaired) electrons. The maximum absolute atomic E-state index is 12.5. The van der Waals surface area contributed by atoms with Gasteiger partial charge in [0.15, 0.2) is 11.5 Å². The topological polar surface area (TPSA) is 127 Å². The minimum Gasteiger partial charge on any atom is -0.441 e. The summed E-state index contributed by atoms with van der Waals surface area (Å²) in [5.74, 6) is 0.310. The van der Waals surface area contributed by atoms with Crippen LogP contribution in [0.1, 0.15) is 25.0 Å². The van der Waals surface area contributed by atoms with Crippen molar-refractivity contribution in [1.82, 2.24) is 29.9 Å². The zero-order chi connectivity index (χ0) is 22.7. The number of urea groups is 1. The molecule has 0 aromatic carbocycles. The number of likely N-dealkylation sites (tertiary alicyclic amines) is 1. The van der Waals surface area contributed by atoms with E-state index < -0.39 is 12.2 Å². The van der Waals surface area contributed by atoms with Gasteiger partial charge in [0.2, 0.25) is 0 Å². The van der Waals surface area contributed by atoms with Crippen LogP contribution in [0.4, 0.5) is 21.1 Å². The maximum atomic E-state index is 12.5. The van der Waals surface area contributed by atoms with E-state index in [1.165, 1.54) is 10.9 Å². The van der Waals surface area contributed by atoms with Crippen molar-refractivity contribution >= 4 is 35.2 Å². The number of halogens is 1. The number of carbonyl (C=O) groups excluding carboxylic acids is 2. The number of hydrogen-bond donors (Lipinski definition) is 2. The Balaban J connectivity index is 1.44. The Bertz CT molecular complexity index is 1130. The lowest BCUT2D eigenvalue weighted by molar-refractivity contribution is 0.121. The standard InChI is InChI=1S/C20H21ClN8O3/c1-12(14-5-3-8-22-17(14)21)32-20(31)25-18-16(26-27-28(18)2)15-7-6-13(11-23-15)24-19(30)29-9-4-10-29/h3,5-8,11-12H,4,9-10H2,1-2H3,(H,24,30)(H,25,31)/t12-/m1/s1. The molecular formula is C20H21ClN8O3. The zero-order valence-corrected chi connectivity index (χ0v) is 18.2. The smallest absolute Gasteiger partial charge is 0.413 e. The fourth-order valence-electron chi connectivity index (χ4n) is 3.05. The van der Waals surface area contributed by atoms with Crippen molar-refractivity contribution in [2.45, 2.75) is 19.4 Å². The van der Waals surface area contributed by atoms with Gasteiger partial charge in [-0.2, -0.15) is 0 Å². The third-order valence-electron chi connectivity index (χ3n) is 4.96. The van der Waals surface area contributed by atoms with E-state index in [4.69, 9.17) is 16.3 Å². The largest absolute Gasteiger partial charge is 0.441 e. The fourth-order valence-corrected chi connectivity index (χ4v) is 3.32. The van der Waals surface area contributed by atoms with Crippen molar-refractivity contribution in [2.24, 2.45) is 7.05 Å². The number of aryl methyl sites for hydroxylation is 1. The predicted octanol–water partition coefficient (Wildman–Crippen LogP) is 3.47. The van der Waals surface area contributed by atoms with Gasteiger partial charge in [-0.25, -0.2) is 19.3 Å². The Morgan fingerprint density at radius 1 is 1.19 bits per heavy atom. The van der Waals surface area contributed by atoms with Crippen molar-refractivity contribution in [3.63, 3.8) is 0 Å². The van der Waals surface area contributed by atoms with E-state index in [-0.39, 0.29) is 11.2 Å². The van der Waals surface area contributed by atoms with Gasteiger partial charge in [-0.15, -0.1) is 5.10 Å². The molecule has 0 bridgehead atoms. The van der Waals surface area contributed by atoms with E-state index in [2.05, 4.69) is 30.9 Å². The monoisotopic (exact) mass is 456 g/mol. The van der Waals surface area contributed by atoms with Crippen LogP contribution >= 0.6 is 11.6 Å². The fraction of sp³-hybridized carbons (Fsp3) is 0.300. The zero-order valence-electron chi connectivity index (χ0n) is 17.4. The average Bonchev–Trinajstić information content (AvgIpc) is 3.07. The highest BCUT2D eigenvalue weighted by Crippen LogP contribution is 2.27. The van der Waals surface area contributed by atoms with Crippen molar-refractivity contribution in [1.29, 1.82) is 0 Å². The van der Waals surface area contributed by atoms with Crippen LogP contribution in [-0.2, 0) is 11.8 Å². The van der Waals surface area contributed by atoms with E-state index in [0.717, 1.165) is 19.5 Å². The summed E-state index contributed by atoms with van der Waals surface area (Å²) in [5, 5.41) is 13.8. The second-order valence-corrected chi connectivity index (χ2v) is 7.53. The Morgan fingerprint density at radius 3 is 2.66 bits per heavy atom. The molecule has 11 nitrogen and oxygen atoms in total. The molecule has 1 fully saturated rings. The highest BCUT2D eigenvalue weighted by molar-refractivity contribution is 6.30. The third kappa shape index (κ3) is 4.62. The molecule has 1 aliphatic rings. The molecule has 12 heteroatoms.